The molecule has 0 radical (unpaired) electrons. The number of benzene rings is 1. The Morgan fingerprint density at radius 2 is 2.20 bits per heavy atom. The van der Waals surface area contributed by atoms with E-state index >= 15 is 0 Å². The molecule has 2 rings (SSSR count). The molecule has 0 spiro atoms. The van der Waals surface area contributed by atoms with Crippen LogP contribution in [-0.2, 0) is 0 Å². The van der Waals surface area contributed by atoms with Gasteiger partial charge in [-0.2, -0.15) is 0 Å². The van der Waals surface area contributed by atoms with Crippen LogP contribution in [0.3, 0.4) is 0 Å². The van der Waals surface area contributed by atoms with Crippen molar-refractivity contribution in [2.24, 2.45) is 5.92 Å². The Morgan fingerprint density at radius 1 is 1.40 bits per heavy atom. The molecule has 0 amide bonds. The van der Waals surface area contributed by atoms with Crippen LogP contribution in [0.25, 0.3) is 0 Å². The predicted octanol–water partition coefficient (Wildman–Crippen LogP) is 2.41. The summed E-state index contributed by atoms with van der Waals surface area (Å²) in [4.78, 5) is 0. The monoisotopic (exact) mass is 205 g/mol. The van der Waals surface area contributed by atoms with Crippen LogP contribution in [0.4, 0.5) is 0 Å². The third kappa shape index (κ3) is 2.32. The van der Waals surface area contributed by atoms with Crippen molar-refractivity contribution in [1.82, 2.24) is 5.32 Å². The first-order chi connectivity index (χ1) is 7.36. The average molecular weight is 205 g/mol. The minimum absolute atomic E-state index is 0.709. The van der Waals surface area contributed by atoms with Gasteiger partial charge < -0.3 is 10.1 Å². The number of ether oxygens (including phenoxy) is 1. The van der Waals surface area contributed by atoms with Gasteiger partial charge in [0.15, 0.2) is 0 Å². The second kappa shape index (κ2) is 4.67. The van der Waals surface area contributed by atoms with Crippen LogP contribution in [0.1, 0.15) is 24.8 Å². The van der Waals surface area contributed by atoms with Crippen LogP contribution in [0.2, 0.25) is 0 Å². The zero-order valence-electron chi connectivity index (χ0n) is 9.49. The van der Waals surface area contributed by atoms with E-state index in [-0.39, 0.29) is 0 Å². The van der Waals surface area contributed by atoms with Crippen LogP contribution in [0.5, 0.6) is 5.75 Å². The standard InChI is InChI=1S/C13H19NO/c1-3-15-13-7-5-4-6-11(13)12-8-10(12)9-14-2/h4-7,10,12,14H,3,8-9H2,1-2H3/t10-,12-/m1/s1. The number of para-hydroxylation sites is 1. The van der Waals surface area contributed by atoms with Gasteiger partial charge in [0.1, 0.15) is 5.75 Å². The van der Waals surface area contributed by atoms with Crippen LogP contribution >= 0.6 is 0 Å². The Labute approximate surface area is 91.6 Å². The van der Waals surface area contributed by atoms with E-state index in [0.29, 0.717) is 5.92 Å². The molecule has 1 aromatic rings. The summed E-state index contributed by atoms with van der Waals surface area (Å²) in [6.45, 7) is 3.90. The minimum Gasteiger partial charge on any atom is -0.494 e. The molecule has 1 aromatic carbocycles. The summed E-state index contributed by atoms with van der Waals surface area (Å²) in [5, 5.41) is 3.24. The summed E-state index contributed by atoms with van der Waals surface area (Å²) >= 11 is 0. The summed E-state index contributed by atoms with van der Waals surface area (Å²) < 4.78 is 5.64. The van der Waals surface area contributed by atoms with Crippen molar-refractivity contribution >= 4 is 0 Å². The third-order valence-electron chi connectivity index (χ3n) is 3.01. The minimum atomic E-state index is 0.709. The molecule has 0 bridgehead atoms. The molecule has 1 fully saturated rings. The van der Waals surface area contributed by atoms with Gasteiger partial charge in [0.25, 0.3) is 0 Å². The zero-order valence-corrected chi connectivity index (χ0v) is 9.49. The first kappa shape index (κ1) is 10.5. The molecule has 0 heterocycles. The Kier molecular flexibility index (Phi) is 3.27. The molecule has 0 aromatic heterocycles. The molecule has 2 atom stereocenters. The van der Waals surface area contributed by atoms with E-state index in [1.54, 1.807) is 0 Å². The van der Waals surface area contributed by atoms with Crippen LogP contribution in [-0.4, -0.2) is 20.2 Å². The SMILES string of the molecule is CCOc1ccccc1[C@@H]1C[C@@H]1CNC. The number of rotatable bonds is 5. The second-order valence-corrected chi connectivity index (χ2v) is 4.13. The molecule has 15 heavy (non-hydrogen) atoms. The largest absolute Gasteiger partial charge is 0.494 e. The van der Waals surface area contributed by atoms with Crippen LogP contribution in [0.15, 0.2) is 24.3 Å². The van der Waals surface area contributed by atoms with Gasteiger partial charge in [-0.25, -0.2) is 0 Å². The van der Waals surface area contributed by atoms with Gasteiger partial charge in [-0.1, -0.05) is 18.2 Å². The highest BCUT2D eigenvalue weighted by Gasteiger charge is 2.39. The molecule has 2 nitrogen and oxygen atoms in total. The van der Waals surface area contributed by atoms with Crippen LogP contribution in [0, 0.1) is 5.92 Å². The Morgan fingerprint density at radius 3 is 2.93 bits per heavy atom. The topological polar surface area (TPSA) is 21.3 Å². The maximum Gasteiger partial charge on any atom is 0.122 e. The summed E-state index contributed by atoms with van der Waals surface area (Å²) in [7, 11) is 2.02. The fourth-order valence-corrected chi connectivity index (χ4v) is 2.19. The molecular weight excluding hydrogens is 186 g/mol. The van der Waals surface area contributed by atoms with E-state index in [4.69, 9.17) is 4.74 Å². The van der Waals surface area contributed by atoms with Gasteiger partial charge >= 0.3 is 0 Å². The van der Waals surface area contributed by atoms with Crippen molar-refractivity contribution in [3.63, 3.8) is 0 Å². The molecular formula is C13H19NO. The van der Waals surface area contributed by atoms with Gasteiger partial charge in [-0.3, -0.25) is 0 Å². The first-order valence-corrected chi connectivity index (χ1v) is 5.73. The molecule has 2 heteroatoms. The highest BCUT2D eigenvalue weighted by atomic mass is 16.5. The zero-order chi connectivity index (χ0) is 10.7. The Balaban J connectivity index is 2.08. The van der Waals surface area contributed by atoms with Gasteiger partial charge in [-0.05, 0) is 50.4 Å². The van der Waals surface area contributed by atoms with Gasteiger partial charge in [0.2, 0.25) is 0 Å². The smallest absolute Gasteiger partial charge is 0.122 e. The Hall–Kier alpha value is -1.02. The Bertz CT molecular complexity index is 324. The predicted molar refractivity (Wildman–Crippen MR) is 62.4 cm³/mol. The molecule has 1 aliphatic carbocycles. The lowest BCUT2D eigenvalue weighted by molar-refractivity contribution is 0.336. The normalized spacial score (nSPS) is 23.9. The van der Waals surface area contributed by atoms with Crippen molar-refractivity contribution < 1.29 is 4.74 Å². The second-order valence-electron chi connectivity index (χ2n) is 4.13. The lowest BCUT2D eigenvalue weighted by Gasteiger charge is -2.09. The van der Waals surface area contributed by atoms with Crippen molar-refractivity contribution in [2.75, 3.05) is 20.2 Å². The number of nitrogens with one attached hydrogen (secondary N) is 1. The quantitative estimate of drug-likeness (QED) is 0.797. The summed E-state index contributed by atoms with van der Waals surface area (Å²) in [6.07, 6.45) is 1.30. The molecule has 0 aliphatic heterocycles. The van der Waals surface area contributed by atoms with Crippen molar-refractivity contribution in [3.05, 3.63) is 29.8 Å². The molecule has 1 saturated carbocycles. The summed E-state index contributed by atoms with van der Waals surface area (Å²) in [5.74, 6) is 2.58. The lowest BCUT2D eigenvalue weighted by atomic mass is 10.1. The van der Waals surface area contributed by atoms with Gasteiger partial charge in [-0.15, -0.1) is 0 Å². The highest BCUT2D eigenvalue weighted by molar-refractivity contribution is 5.39. The summed E-state index contributed by atoms with van der Waals surface area (Å²) in [5.41, 5.74) is 1.39. The van der Waals surface area contributed by atoms with E-state index in [1.807, 2.05) is 20.0 Å². The maximum absolute atomic E-state index is 5.64. The fraction of sp³-hybridized carbons (Fsp3) is 0.538. The van der Waals surface area contributed by atoms with Crippen molar-refractivity contribution in [2.45, 2.75) is 19.3 Å². The average Bonchev–Trinajstić information content (AvgIpc) is 2.99. The highest BCUT2D eigenvalue weighted by Crippen LogP contribution is 2.49. The van der Waals surface area contributed by atoms with Gasteiger partial charge in [0.05, 0.1) is 6.61 Å². The van der Waals surface area contributed by atoms with Crippen molar-refractivity contribution in [3.8, 4) is 5.75 Å². The maximum atomic E-state index is 5.64. The molecule has 0 unspecified atom stereocenters. The number of hydrogen-bond acceptors (Lipinski definition) is 2. The molecule has 82 valence electrons. The van der Waals surface area contributed by atoms with E-state index in [9.17, 15) is 0 Å². The van der Waals surface area contributed by atoms with E-state index in [2.05, 4.69) is 23.5 Å². The number of hydrogen-bond donors (Lipinski definition) is 1. The lowest BCUT2D eigenvalue weighted by Crippen LogP contribution is -2.10. The molecule has 1 N–H and O–H groups in total. The molecule has 0 saturated heterocycles. The van der Waals surface area contributed by atoms with E-state index in [1.165, 1.54) is 12.0 Å². The van der Waals surface area contributed by atoms with Crippen molar-refractivity contribution in [1.29, 1.82) is 0 Å². The van der Waals surface area contributed by atoms with E-state index < -0.39 is 0 Å². The summed E-state index contributed by atoms with van der Waals surface area (Å²) in [6, 6.07) is 8.43. The van der Waals surface area contributed by atoms with Gasteiger partial charge in [0, 0.05) is 0 Å². The fourth-order valence-electron chi connectivity index (χ4n) is 2.19. The van der Waals surface area contributed by atoms with E-state index in [0.717, 1.165) is 24.8 Å². The third-order valence-corrected chi connectivity index (χ3v) is 3.01. The molecule has 1 aliphatic rings. The first-order valence-electron chi connectivity index (χ1n) is 5.73. The van der Waals surface area contributed by atoms with Crippen LogP contribution < -0.4 is 10.1 Å².